The van der Waals surface area contributed by atoms with Crippen molar-refractivity contribution < 1.29 is 9.63 Å². The van der Waals surface area contributed by atoms with Crippen LogP contribution in [0.3, 0.4) is 0 Å². The maximum atomic E-state index is 11.2. The average Bonchev–Trinajstić information content (AvgIpc) is 2.24. The van der Waals surface area contributed by atoms with Crippen molar-refractivity contribution >= 4 is 52.4 Å². The Morgan fingerprint density at radius 2 is 2.06 bits per heavy atom. The highest BCUT2D eigenvalue weighted by Gasteiger charge is 2.06. The van der Waals surface area contributed by atoms with Crippen LogP contribution in [-0.2, 0) is 4.84 Å². The molecule has 1 amide bonds. The lowest BCUT2D eigenvalue weighted by atomic mass is 10.4. The molecule has 1 aromatic heterocycles. The number of carbonyl (C=O) groups is 1. The number of oxime groups is 1. The second kappa shape index (κ2) is 6.48. The molecule has 17 heavy (non-hydrogen) atoms. The van der Waals surface area contributed by atoms with Crippen molar-refractivity contribution in [3.8, 4) is 0 Å². The lowest BCUT2D eigenvalue weighted by Crippen LogP contribution is -2.17. The predicted octanol–water partition coefficient (Wildman–Crippen LogP) is 2.45. The molecule has 0 saturated heterocycles. The van der Waals surface area contributed by atoms with E-state index in [1.54, 1.807) is 0 Å². The minimum atomic E-state index is -0.851. The lowest BCUT2D eigenvalue weighted by Gasteiger charge is -2.03. The zero-order valence-corrected chi connectivity index (χ0v) is 10.6. The van der Waals surface area contributed by atoms with Gasteiger partial charge in [-0.3, -0.25) is 10.2 Å². The first-order valence-corrected chi connectivity index (χ1v) is 5.49. The summed E-state index contributed by atoms with van der Waals surface area (Å²) in [7, 11) is 0. The number of alkyl halides is 1. The standard InChI is InChI=1S/C8H7Cl3N4O2/c9-3-7(12)15-17-8(16)13-4-1-5(10)14-6(11)2-4/h1-2H,3H2,(H2,12,15)(H,13,14,16). The van der Waals surface area contributed by atoms with Gasteiger partial charge in [0, 0.05) is 0 Å². The zero-order valence-electron chi connectivity index (χ0n) is 8.28. The van der Waals surface area contributed by atoms with Gasteiger partial charge in [-0.15, -0.1) is 11.6 Å². The summed E-state index contributed by atoms with van der Waals surface area (Å²) in [5.74, 6) is -0.0622. The van der Waals surface area contributed by atoms with E-state index in [1.165, 1.54) is 12.1 Å². The van der Waals surface area contributed by atoms with E-state index in [2.05, 4.69) is 20.3 Å². The Balaban J connectivity index is 2.62. The third-order valence-corrected chi connectivity index (χ3v) is 2.05. The van der Waals surface area contributed by atoms with Gasteiger partial charge in [0.1, 0.15) is 10.3 Å². The Bertz CT molecular complexity index is 432. The summed E-state index contributed by atoms with van der Waals surface area (Å²) < 4.78 is 0. The quantitative estimate of drug-likeness (QED) is 0.224. The number of rotatable bonds is 3. The summed E-state index contributed by atoms with van der Waals surface area (Å²) in [6.45, 7) is 0. The molecular formula is C8H7Cl3N4O2. The summed E-state index contributed by atoms with van der Waals surface area (Å²) in [5, 5.41) is 5.85. The van der Waals surface area contributed by atoms with Gasteiger partial charge >= 0.3 is 6.09 Å². The molecule has 3 N–H and O–H groups in total. The van der Waals surface area contributed by atoms with E-state index in [-0.39, 0.29) is 22.0 Å². The van der Waals surface area contributed by atoms with Gasteiger partial charge in [0.15, 0.2) is 5.84 Å². The molecule has 1 heterocycles. The van der Waals surface area contributed by atoms with E-state index >= 15 is 0 Å². The van der Waals surface area contributed by atoms with Gasteiger partial charge in [-0.25, -0.2) is 9.78 Å². The summed E-state index contributed by atoms with van der Waals surface area (Å²) >= 11 is 16.6. The number of halogens is 3. The molecule has 0 atom stereocenters. The topological polar surface area (TPSA) is 89.6 Å². The summed E-state index contributed by atoms with van der Waals surface area (Å²) in [6.07, 6.45) is -0.851. The second-order valence-corrected chi connectivity index (χ2v) is 3.76. The van der Waals surface area contributed by atoms with E-state index < -0.39 is 6.09 Å². The molecule has 0 radical (unpaired) electrons. The smallest absolute Gasteiger partial charge is 0.383 e. The van der Waals surface area contributed by atoms with Crippen LogP contribution < -0.4 is 11.1 Å². The number of aromatic nitrogens is 1. The molecule has 0 aromatic carbocycles. The zero-order chi connectivity index (χ0) is 12.8. The minimum Gasteiger partial charge on any atom is -0.383 e. The van der Waals surface area contributed by atoms with E-state index in [1.807, 2.05) is 0 Å². The Morgan fingerprint density at radius 3 is 2.59 bits per heavy atom. The Morgan fingerprint density at radius 1 is 1.47 bits per heavy atom. The third-order valence-electron chi connectivity index (χ3n) is 1.39. The molecule has 0 fully saturated rings. The van der Waals surface area contributed by atoms with E-state index in [0.29, 0.717) is 5.69 Å². The molecular weight excluding hydrogens is 290 g/mol. The molecule has 92 valence electrons. The number of nitrogens with one attached hydrogen (secondary N) is 1. The lowest BCUT2D eigenvalue weighted by molar-refractivity contribution is 0.166. The van der Waals surface area contributed by atoms with Gasteiger partial charge < -0.3 is 5.73 Å². The van der Waals surface area contributed by atoms with Gasteiger partial charge in [-0.1, -0.05) is 28.4 Å². The van der Waals surface area contributed by atoms with Crippen molar-refractivity contribution in [2.24, 2.45) is 10.9 Å². The molecule has 0 saturated carbocycles. The number of hydrogen-bond acceptors (Lipinski definition) is 4. The molecule has 0 aliphatic heterocycles. The molecule has 0 spiro atoms. The molecule has 1 rings (SSSR count). The van der Waals surface area contributed by atoms with Gasteiger partial charge in [0.2, 0.25) is 0 Å². The minimum absolute atomic E-state index is 0.0207. The van der Waals surface area contributed by atoms with Gasteiger partial charge in [0.05, 0.1) is 11.6 Å². The van der Waals surface area contributed by atoms with Crippen LogP contribution in [0.1, 0.15) is 0 Å². The summed E-state index contributed by atoms with van der Waals surface area (Å²) in [6, 6.07) is 2.78. The second-order valence-electron chi connectivity index (χ2n) is 2.72. The molecule has 0 bridgehead atoms. The van der Waals surface area contributed by atoms with E-state index in [9.17, 15) is 4.79 Å². The van der Waals surface area contributed by atoms with Crippen molar-refractivity contribution in [1.29, 1.82) is 0 Å². The van der Waals surface area contributed by atoms with E-state index in [0.717, 1.165) is 0 Å². The SMILES string of the molecule is NC(CCl)=NOC(=O)Nc1cc(Cl)nc(Cl)c1. The molecule has 1 aromatic rings. The van der Waals surface area contributed by atoms with Gasteiger partial charge in [-0.05, 0) is 12.1 Å². The van der Waals surface area contributed by atoms with Crippen LogP contribution in [0, 0.1) is 0 Å². The molecule has 9 heteroatoms. The van der Waals surface area contributed by atoms with Crippen LogP contribution in [0.15, 0.2) is 17.3 Å². The molecule has 0 aliphatic rings. The van der Waals surface area contributed by atoms with Crippen LogP contribution in [0.5, 0.6) is 0 Å². The van der Waals surface area contributed by atoms with Crippen LogP contribution in [0.2, 0.25) is 10.3 Å². The predicted molar refractivity (Wildman–Crippen MR) is 66.7 cm³/mol. The van der Waals surface area contributed by atoms with Crippen molar-refractivity contribution in [3.63, 3.8) is 0 Å². The third kappa shape index (κ3) is 5.08. The van der Waals surface area contributed by atoms with Crippen molar-refractivity contribution in [2.75, 3.05) is 11.2 Å². The number of nitrogens with two attached hydrogens (primary N) is 1. The fourth-order valence-corrected chi connectivity index (χ4v) is 1.31. The van der Waals surface area contributed by atoms with Crippen LogP contribution in [0.4, 0.5) is 10.5 Å². The number of anilines is 1. The van der Waals surface area contributed by atoms with Crippen LogP contribution in [0.25, 0.3) is 0 Å². The van der Waals surface area contributed by atoms with Gasteiger partial charge in [-0.2, -0.15) is 0 Å². The average molecular weight is 298 g/mol. The molecule has 6 nitrogen and oxygen atoms in total. The van der Waals surface area contributed by atoms with Crippen LogP contribution >= 0.6 is 34.8 Å². The monoisotopic (exact) mass is 296 g/mol. The Hall–Kier alpha value is -1.24. The number of amides is 1. The van der Waals surface area contributed by atoms with Crippen molar-refractivity contribution in [1.82, 2.24) is 4.98 Å². The first-order chi connectivity index (χ1) is 8.01. The highest BCUT2D eigenvalue weighted by molar-refractivity contribution is 6.33. The fraction of sp³-hybridized carbons (Fsp3) is 0.125. The largest absolute Gasteiger partial charge is 0.437 e. The number of carbonyl (C=O) groups excluding carboxylic acids is 1. The number of amidine groups is 1. The molecule has 0 aliphatic carbocycles. The maximum Gasteiger partial charge on any atom is 0.437 e. The number of hydrogen-bond donors (Lipinski definition) is 2. The maximum absolute atomic E-state index is 11.2. The number of pyridine rings is 1. The van der Waals surface area contributed by atoms with Crippen LogP contribution in [-0.4, -0.2) is 22.8 Å². The van der Waals surface area contributed by atoms with Crippen molar-refractivity contribution in [3.05, 3.63) is 22.4 Å². The van der Waals surface area contributed by atoms with Crippen molar-refractivity contribution in [2.45, 2.75) is 0 Å². The number of nitrogens with zero attached hydrogens (tertiary/aromatic N) is 2. The fourth-order valence-electron chi connectivity index (χ4n) is 0.802. The highest BCUT2D eigenvalue weighted by atomic mass is 35.5. The summed E-state index contributed by atoms with van der Waals surface area (Å²) in [5.41, 5.74) is 5.54. The highest BCUT2D eigenvalue weighted by Crippen LogP contribution is 2.18. The first kappa shape index (κ1) is 13.8. The summed E-state index contributed by atoms with van der Waals surface area (Å²) in [4.78, 5) is 19.3. The van der Waals surface area contributed by atoms with Gasteiger partial charge in [0.25, 0.3) is 0 Å². The molecule has 0 unspecified atom stereocenters. The Kier molecular flexibility index (Phi) is 5.27. The normalized spacial score (nSPS) is 11.1. The first-order valence-electron chi connectivity index (χ1n) is 4.20. The van der Waals surface area contributed by atoms with E-state index in [4.69, 9.17) is 40.5 Å². The Labute approximate surface area is 112 Å².